The number of benzene rings is 8. The quantitative estimate of drug-likeness (QED) is 0.181. The highest BCUT2D eigenvalue weighted by Crippen LogP contribution is 2.45. The second kappa shape index (κ2) is 11.5. The van der Waals surface area contributed by atoms with Crippen LogP contribution in [0.15, 0.2) is 185 Å². The van der Waals surface area contributed by atoms with Crippen LogP contribution in [0, 0.1) is 0 Å². The third kappa shape index (κ3) is 4.58. The summed E-state index contributed by atoms with van der Waals surface area (Å²) in [5.74, 6) is 0. The molecule has 0 spiro atoms. The minimum absolute atomic E-state index is 0.903. The van der Waals surface area contributed by atoms with Gasteiger partial charge in [-0.15, -0.1) is 11.3 Å². The number of anilines is 3. The van der Waals surface area contributed by atoms with Crippen molar-refractivity contribution < 1.29 is 8.83 Å². The van der Waals surface area contributed by atoms with E-state index in [-0.39, 0.29) is 0 Å². The fourth-order valence-corrected chi connectivity index (χ4v) is 8.91. The molecule has 0 aliphatic carbocycles. The van der Waals surface area contributed by atoms with Crippen molar-refractivity contribution in [3.63, 3.8) is 0 Å². The molecule has 0 radical (unpaired) electrons. The van der Waals surface area contributed by atoms with Gasteiger partial charge in [0.1, 0.15) is 22.3 Å². The van der Waals surface area contributed by atoms with Crippen LogP contribution in [0.4, 0.5) is 17.1 Å². The summed E-state index contributed by atoms with van der Waals surface area (Å²) in [5.41, 5.74) is 11.6. The van der Waals surface area contributed by atoms with Gasteiger partial charge in [0.25, 0.3) is 0 Å². The Labute approximate surface area is 303 Å². The first-order chi connectivity index (χ1) is 25.7. The molecule has 0 N–H and O–H groups in total. The second-order valence-corrected chi connectivity index (χ2v) is 14.4. The predicted molar refractivity (Wildman–Crippen MR) is 219 cm³/mol. The van der Waals surface area contributed by atoms with E-state index in [1.54, 1.807) is 0 Å². The highest BCUT2D eigenvalue weighted by atomic mass is 32.1. The SMILES string of the molecule is c1ccc2c(c1)oc1cc(-c3ccc(N(c4ccc(-c5ccc6oc7ccccc7c6c5)cc4)c4cccc5sc6ccccc6c45)cc3)ccc12. The van der Waals surface area contributed by atoms with E-state index < -0.39 is 0 Å². The van der Waals surface area contributed by atoms with Crippen LogP contribution in [0.2, 0.25) is 0 Å². The standard InChI is InChI=1S/C48H29NO2S/c1-4-12-42-36(8-1)38-26-20-33(29-45(38)51-42)31-18-24-35(25-19-31)49(41-11-7-15-47-48(41)39-10-3-6-14-46(39)52-47)34-22-16-30(17-23-34)32-21-27-44-40(28-32)37-9-2-5-13-43(37)50-44/h1-29H. The molecule has 11 aromatic rings. The summed E-state index contributed by atoms with van der Waals surface area (Å²) >= 11 is 1.84. The Morgan fingerprint density at radius 1 is 0.346 bits per heavy atom. The molecule has 0 bridgehead atoms. The van der Waals surface area contributed by atoms with Gasteiger partial charge in [0.15, 0.2) is 0 Å². The van der Waals surface area contributed by atoms with Gasteiger partial charge < -0.3 is 13.7 Å². The zero-order chi connectivity index (χ0) is 34.2. The number of para-hydroxylation sites is 2. The second-order valence-electron chi connectivity index (χ2n) is 13.3. The van der Waals surface area contributed by atoms with Crippen LogP contribution in [0.1, 0.15) is 0 Å². The molecule has 0 amide bonds. The van der Waals surface area contributed by atoms with E-state index in [1.165, 1.54) is 20.2 Å². The maximum Gasteiger partial charge on any atom is 0.136 e. The van der Waals surface area contributed by atoms with Gasteiger partial charge >= 0.3 is 0 Å². The summed E-state index contributed by atoms with van der Waals surface area (Å²) in [6.07, 6.45) is 0. The van der Waals surface area contributed by atoms with Crippen molar-refractivity contribution >= 4 is 92.4 Å². The summed E-state index contributed by atoms with van der Waals surface area (Å²) < 4.78 is 14.9. The third-order valence-corrected chi connectivity index (χ3v) is 11.4. The lowest BCUT2D eigenvalue weighted by molar-refractivity contribution is 0.668. The van der Waals surface area contributed by atoms with E-state index in [2.05, 4.69) is 157 Å². The predicted octanol–water partition coefficient (Wildman–Crippen LogP) is 14.7. The molecule has 0 aliphatic rings. The maximum absolute atomic E-state index is 6.23. The fourth-order valence-electron chi connectivity index (χ4n) is 7.79. The first-order valence-corrected chi connectivity index (χ1v) is 18.3. The van der Waals surface area contributed by atoms with E-state index >= 15 is 0 Å². The normalized spacial score (nSPS) is 11.8. The van der Waals surface area contributed by atoms with E-state index in [9.17, 15) is 0 Å². The lowest BCUT2D eigenvalue weighted by atomic mass is 10.0. The van der Waals surface area contributed by atoms with Gasteiger partial charge in [-0.05, 0) is 101 Å². The molecule has 0 unspecified atom stereocenters. The number of thiophene rings is 1. The van der Waals surface area contributed by atoms with Crippen molar-refractivity contribution in [3.05, 3.63) is 176 Å². The van der Waals surface area contributed by atoms with Crippen molar-refractivity contribution in [1.82, 2.24) is 0 Å². The average Bonchev–Trinajstić information content (AvgIpc) is 3.89. The number of furan rings is 2. The number of nitrogens with zero attached hydrogens (tertiary/aromatic N) is 1. The lowest BCUT2D eigenvalue weighted by Gasteiger charge is -2.27. The van der Waals surface area contributed by atoms with Crippen LogP contribution < -0.4 is 4.90 Å². The zero-order valence-corrected chi connectivity index (χ0v) is 28.7. The Kier molecular flexibility index (Phi) is 6.42. The zero-order valence-electron chi connectivity index (χ0n) is 27.9. The average molecular weight is 684 g/mol. The largest absolute Gasteiger partial charge is 0.456 e. The van der Waals surface area contributed by atoms with E-state index in [0.717, 1.165) is 83.2 Å². The maximum atomic E-state index is 6.23. The summed E-state index contributed by atoms with van der Waals surface area (Å²) in [6, 6.07) is 62.7. The molecule has 3 heterocycles. The lowest BCUT2D eigenvalue weighted by Crippen LogP contribution is -2.10. The molecule has 0 aliphatic heterocycles. The molecule has 0 saturated carbocycles. The number of hydrogen-bond donors (Lipinski definition) is 0. The number of rotatable bonds is 5. The molecule has 3 nitrogen and oxygen atoms in total. The summed E-state index contributed by atoms with van der Waals surface area (Å²) in [7, 11) is 0. The van der Waals surface area contributed by atoms with Crippen LogP contribution in [0.3, 0.4) is 0 Å². The minimum atomic E-state index is 0.903. The van der Waals surface area contributed by atoms with Crippen LogP contribution in [0.5, 0.6) is 0 Å². The minimum Gasteiger partial charge on any atom is -0.456 e. The van der Waals surface area contributed by atoms with Gasteiger partial charge in [0.2, 0.25) is 0 Å². The molecule has 0 fully saturated rings. The van der Waals surface area contributed by atoms with Crippen LogP contribution in [-0.2, 0) is 0 Å². The summed E-state index contributed by atoms with van der Waals surface area (Å²) in [4.78, 5) is 2.39. The molecule has 8 aromatic carbocycles. The van der Waals surface area contributed by atoms with Gasteiger partial charge in [-0.3, -0.25) is 0 Å². The van der Waals surface area contributed by atoms with Crippen molar-refractivity contribution in [1.29, 1.82) is 0 Å². The highest BCUT2D eigenvalue weighted by molar-refractivity contribution is 7.26. The van der Waals surface area contributed by atoms with Crippen molar-refractivity contribution in [2.24, 2.45) is 0 Å². The molecule has 0 saturated heterocycles. The Balaban J connectivity index is 1.03. The Morgan fingerprint density at radius 3 is 1.60 bits per heavy atom. The van der Waals surface area contributed by atoms with E-state index in [4.69, 9.17) is 8.83 Å². The molecular weight excluding hydrogens is 655 g/mol. The molecular formula is C48H29NO2S. The topological polar surface area (TPSA) is 29.5 Å². The van der Waals surface area contributed by atoms with Crippen LogP contribution in [-0.4, -0.2) is 0 Å². The molecule has 0 atom stereocenters. The first kappa shape index (κ1) is 29.1. The van der Waals surface area contributed by atoms with E-state index in [1.807, 2.05) is 35.6 Å². The fraction of sp³-hybridized carbons (Fsp3) is 0. The van der Waals surface area contributed by atoms with Gasteiger partial charge in [0.05, 0.1) is 5.69 Å². The van der Waals surface area contributed by atoms with Gasteiger partial charge in [0, 0.05) is 53.1 Å². The van der Waals surface area contributed by atoms with Gasteiger partial charge in [-0.25, -0.2) is 0 Å². The van der Waals surface area contributed by atoms with Gasteiger partial charge in [-0.1, -0.05) is 97.1 Å². The van der Waals surface area contributed by atoms with Crippen LogP contribution in [0.25, 0.3) is 86.3 Å². The monoisotopic (exact) mass is 683 g/mol. The number of hydrogen-bond acceptors (Lipinski definition) is 4. The first-order valence-electron chi connectivity index (χ1n) is 17.5. The Bertz CT molecular complexity index is 3130. The van der Waals surface area contributed by atoms with Crippen LogP contribution >= 0.6 is 11.3 Å². The molecule has 11 rings (SSSR count). The molecule has 3 aromatic heterocycles. The Hall–Kier alpha value is -6.62. The molecule has 52 heavy (non-hydrogen) atoms. The summed E-state index contributed by atoms with van der Waals surface area (Å²) in [6.45, 7) is 0. The smallest absolute Gasteiger partial charge is 0.136 e. The highest BCUT2D eigenvalue weighted by Gasteiger charge is 2.19. The Morgan fingerprint density at radius 2 is 0.865 bits per heavy atom. The third-order valence-electron chi connectivity index (χ3n) is 10.3. The molecule has 244 valence electrons. The van der Waals surface area contributed by atoms with Crippen molar-refractivity contribution in [2.75, 3.05) is 4.90 Å². The molecule has 4 heteroatoms. The van der Waals surface area contributed by atoms with Gasteiger partial charge in [-0.2, -0.15) is 0 Å². The number of fused-ring (bicyclic) bond motifs is 9. The van der Waals surface area contributed by atoms with Crippen molar-refractivity contribution in [2.45, 2.75) is 0 Å². The van der Waals surface area contributed by atoms with Crippen molar-refractivity contribution in [3.8, 4) is 22.3 Å². The van der Waals surface area contributed by atoms with E-state index in [0.29, 0.717) is 0 Å². The summed E-state index contributed by atoms with van der Waals surface area (Å²) in [5, 5.41) is 7.10.